The summed E-state index contributed by atoms with van der Waals surface area (Å²) in [7, 11) is 0. The molecule has 5 heteroatoms. The number of allylic oxidation sites excluding steroid dienone is 3. The number of nitriles is 2. The Morgan fingerprint density at radius 2 is 1.26 bits per heavy atom. The molecule has 8 aromatic carbocycles. The van der Waals surface area contributed by atoms with E-state index in [1.807, 2.05) is 30.3 Å². The number of fused-ring (bicyclic) bond motifs is 6. The first kappa shape index (κ1) is 37.2. The number of rotatable bonds is 6. The zero-order chi connectivity index (χ0) is 41.9. The van der Waals surface area contributed by atoms with Gasteiger partial charge < -0.3 is 14.5 Å². The Kier molecular flexibility index (Phi) is 8.95. The molecule has 0 spiro atoms. The largest absolute Gasteiger partial charge is 0.456 e. The number of anilines is 5. The predicted octanol–water partition coefficient (Wildman–Crippen LogP) is 14.4. The summed E-state index contributed by atoms with van der Waals surface area (Å²) in [5.74, 6) is 8.31. The minimum atomic E-state index is -0.315. The van der Waals surface area contributed by atoms with Gasteiger partial charge in [0.25, 0.3) is 0 Å². The average Bonchev–Trinajstić information content (AvgIpc) is 3.45. The topological polar surface area (TPSA) is 63.3 Å². The number of aryl methyl sites for hydroxylation is 4. The highest BCUT2D eigenvalue weighted by atomic mass is 16.5. The molecule has 8 aromatic rings. The van der Waals surface area contributed by atoms with Crippen LogP contribution in [0.3, 0.4) is 0 Å². The van der Waals surface area contributed by atoms with Gasteiger partial charge in [0.05, 0.1) is 34.6 Å². The van der Waals surface area contributed by atoms with E-state index in [0.717, 1.165) is 106 Å². The molecule has 0 aromatic heterocycles. The maximum absolute atomic E-state index is 9.84. The van der Waals surface area contributed by atoms with Gasteiger partial charge in [0.15, 0.2) is 0 Å². The fraction of sp³-hybridized carbons (Fsp3) is 0.107. The van der Waals surface area contributed by atoms with Crippen LogP contribution in [0.1, 0.15) is 34.7 Å². The molecule has 0 saturated heterocycles. The highest BCUT2D eigenvalue weighted by Crippen LogP contribution is 2.53. The van der Waals surface area contributed by atoms with Crippen molar-refractivity contribution >= 4 is 60.8 Å². The van der Waals surface area contributed by atoms with Crippen LogP contribution in [0.5, 0.6) is 11.5 Å². The van der Waals surface area contributed by atoms with Crippen molar-refractivity contribution in [1.82, 2.24) is 0 Å². The van der Waals surface area contributed by atoms with E-state index in [4.69, 9.17) is 4.74 Å². The van der Waals surface area contributed by atoms with Crippen LogP contribution in [0.2, 0.25) is 0 Å². The molecule has 0 saturated carbocycles. The third kappa shape index (κ3) is 6.26. The Morgan fingerprint density at radius 3 is 1.98 bits per heavy atom. The zero-order valence-electron chi connectivity index (χ0n) is 34.6. The lowest BCUT2D eigenvalue weighted by molar-refractivity contribution is 0.487. The standard InChI is InChI=1S/C56H40N4O/c1-34-19-21-44-46(23-34)47-30-50-45-22-20-43(59(41-14-8-6-9-15-41)56-37(4)27-40(33-58)28-38(56)5)29-53(45)61-54-25-35(2)24-49(55(50)54)48(47)31-52(44)60(42-16-10-7-11-17-42)51-18-12-13-39(32-57)26-36(51)3/h6-11,13-17,19-31,51H,1-5H3. The van der Waals surface area contributed by atoms with Crippen molar-refractivity contribution in [2.75, 3.05) is 9.80 Å². The highest BCUT2D eigenvalue weighted by Gasteiger charge is 2.29. The van der Waals surface area contributed by atoms with Gasteiger partial charge in [-0.05, 0) is 157 Å². The lowest BCUT2D eigenvalue weighted by Gasteiger charge is -2.33. The van der Waals surface area contributed by atoms with Gasteiger partial charge in [-0.2, -0.15) is 10.5 Å². The smallest absolute Gasteiger partial charge is 0.137 e. The molecular weight excluding hydrogens is 745 g/mol. The maximum Gasteiger partial charge on any atom is 0.137 e. The van der Waals surface area contributed by atoms with Crippen LogP contribution in [0, 0.1) is 62.2 Å². The Morgan fingerprint density at radius 1 is 0.574 bits per heavy atom. The second kappa shape index (κ2) is 14.7. The quantitative estimate of drug-likeness (QED) is 0.124. The monoisotopic (exact) mass is 784 g/mol. The number of benzene rings is 8. The molecule has 61 heavy (non-hydrogen) atoms. The highest BCUT2D eigenvalue weighted by molar-refractivity contribution is 6.25. The molecule has 290 valence electrons. The second-order valence-corrected chi connectivity index (χ2v) is 16.2. The molecular formula is C56H40N4O. The van der Waals surface area contributed by atoms with E-state index in [1.165, 1.54) is 5.56 Å². The zero-order valence-corrected chi connectivity index (χ0v) is 34.6. The predicted molar refractivity (Wildman–Crippen MR) is 250 cm³/mol. The number of ether oxygens (including phenoxy) is 1. The number of nitrogens with zero attached hydrogens (tertiary/aromatic N) is 4. The van der Waals surface area contributed by atoms with E-state index in [0.29, 0.717) is 11.1 Å². The fourth-order valence-electron chi connectivity index (χ4n) is 9.33. The minimum absolute atomic E-state index is 0.315. The summed E-state index contributed by atoms with van der Waals surface area (Å²) in [6.07, 6.45) is 3.65. The molecule has 0 radical (unpaired) electrons. The Hall–Kier alpha value is -8.04. The van der Waals surface area contributed by atoms with E-state index < -0.39 is 0 Å². The Bertz CT molecular complexity index is 3350. The summed E-state index contributed by atoms with van der Waals surface area (Å²) < 4.78 is 7.00. The van der Waals surface area contributed by atoms with Crippen LogP contribution in [0.4, 0.5) is 28.4 Å². The van der Waals surface area contributed by atoms with Crippen LogP contribution < -0.4 is 14.5 Å². The summed E-state index contributed by atoms with van der Waals surface area (Å²) in [6, 6.07) is 51.4. The summed E-state index contributed by atoms with van der Waals surface area (Å²) in [4.78, 5) is 4.59. The van der Waals surface area contributed by atoms with Crippen LogP contribution in [-0.2, 0) is 0 Å². The molecule has 0 N–H and O–H groups in total. The van der Waals surface area contributed by atoms with Crippen LogP contribution in [0.25, 0.3) is 43.4 Å². The van der Waals surface area contributed by atoms with E-state index in [1.54, 1.807) is 6.08 Å². The molecule has 1 heterocycles. The number of hydrogen-bond donors (Lipinski definition) is 0. The van der Waals surface area contributed by atoms with Gasteiger partial charge in [0.2, 0.25) is 0 Å². The van der Waals surface area contributed by atoms with E-state index in [9.17, 15) is 10.5 Å². The van der Waals surface area contributed by atoms with Crippen LogP contribution in [0.15, 0.2) is 157 Å². The van der Waals surface area contributed by atoms with E-state index in [-0.39, 0.29) is 6.04 Å². The lowest BCUT2D eigenvalue weighted by Crippen LogP contribution is -2.31. The Labute approximate surface area is 356 Å². The van der Waals surface area contributed by atoms with Gasteiger partial charge in [-0.1, -0.05) is 78.1 Å². The van der Waals surface area contributed by atoms with Crippen LogP contribution >= 0.6 is 0 Å². The molecule has 5 nitrogen and oxygen atoms in total. The second-order valence-electron chi connectivity index (χ2n) is 16.2. The van der Waals surface area contributed by atoms with Crippen molar-refractivity contribution < 1.29 is 4.74 Å². The van der Waals surface area contributed by atoms with Crippen molar-refractivity contribution in [2.45, 2.75) is 40.7 Å². The summed E-state index contributed by atoms with van der Waals surface area (Å²) in [5, 5.41) is 26.3. The SMILES string of the molecule is CC1=CC(C#N)=CC#CC1N(c1ccccc1)c1cc2c3cc(C)cc4c3c(cc2c2cc(C)ccc12)-c1ccc(N(c2ccccc2)c2c(C)cc(C#N)cc2C)cc1O4. The molecule has 2 aliphatic rings. The first-order valence-corrected chi connectivity index (χ1v) is 20.5. The van der Waals surface area contributed by atoms with Gasteiger partial charge in [-0.15, -0.1) is 0 Å². The molecule has 10 rings (SSSR count). The fourth-order valence-corrected chi connectivity index (χ4v) is 9.33. The summed E-state index contributed by atoms with van der Waals surface area (Å²) in [6.45, 7) is 10.5. The molecule has 1 aliphatic heterocycles. The van der Waals surface area contributed by atoms with Gasteiger partial charge in [-0.3, -0.25) is 0 Å². The number of hydrogen-bond acceptors (Lipinski definition) is 5. The molecule has 0 amide bonds. The molecule has 0 fully saturated rings. The van der Waals surface area contributed by atoms with E-state index >= 15 is 0 Å². The first-order valence-electron chi connectivity index (χ1n) is 20.5. The van der Waals surface area contributed by atoms with Crippen molar-refractivity contribution in [3.05, 3.63) is 185 Å². The van der Waals surface area contributed by atoms with Gasteiger partial charge in [-0.25, -0.2) is 0 Å². The van der Waals surface area contributed by atoms with Gasteiger partial charge >= 0.3 is 0 Å². The van der Waals surface area contributed by atoms with Crippen molar-refractivity contribution in [1.29, 1.82) is 10.5 Å². The van der Waals surface area contributed by atoms with Crippen LogP contribution in [-0.4, -0.2) is 6.04 Å². The third-order valence-corrected chi connectivity index (χ3v) is 11.9. The number of para-hydroxylation sites is 2. The normalized spacial score (nSPS) is 13.8. The van der Waals surface area contributed by atoms with Crippen molar-refractivity contribution in [3.63, 3.8) is 0 Å². The Balaban J connectivity index is 1.22. The van der Waals surface area contributed by atoms with E-state index in [2.05, 4.69) is 178 Å². The lowest BCUT2D eigenvalue weighted by atomic mass is 9.87. The molecule has 1 aliphatic carbocycles. The van der Waals surface area contributed by atoms with Crippen molar-refractivity contribution in [3.8, 4) is 46.6 Å². The van der Waals surface area contributed by atoms with Gasteiger partial charge in [0.1, 0.15) is 17.5 Å². The van der Waals surface area contributed by atoms with Gasteiger partial charge in [0, 0.05) is 45.5 Å². The first-order chi connectivity index (χ1) is 29.7. The average molecular weight is 785 g/mol. The molecule has 1 atom stereocenters. The summed E-state index contributed by atoms with van der Waals surface area (Å²) in [5.41, 5.74) is 13.7. The van der Waals surface area contributed by atoms with Crippen molar-refractivity contribution in [2.24, 2.45) is 0 Å². The third-order valence-electron chi connectivity index (χ3n) is 11.9. The maximum atomic E-state index is 9.84. The molecule has 1 unspecified atom stereocenters. The molecule has 0 bridgehead atoms. The summed E-state index contributed by atoms with van der Waals surface area (Å²) >= 11 is 0. The minimum Gasteiger partial charge on any atom is -0.456 e.